The largest absolute Gasteiger partial charge is 0.467 e. The predicted molar refractivity (Wildman–Crippen MR) is 125 cm³/mol. The Hall–Kier alpha value is -2.84. The first-order valence-electron chi connectivity index (χ1n) is 9.84. The molecule has 8 heteroatoms. The fourth-order valence-electron chi connectivity index (χ4n) is 3.78. The number of rotatable bonds is 5. The molecule has 31 heavy (non-hydrogen) atoms. The monoisotopic (exact) mass is 495 g/mol. The molecule has 5 rings (SSSR count). The van der Waals surface area contributed by atoms with Gasteiger partial charge in [0.05, 0.1) is 29.5 Å². The van der Waals surface area contributed by atoms with Gasteiger partial charge in [0, 0.05) is 16.7 Å². The van der Waals surface area contributed by atoms with E-state index in [2.05, 4.69) is 22.0 Å². The number of para-hydroxylation sites is 1. The minimum atomic E-state index is -0.163. The van der Waals surface area contributed by atoms with Crippen LogP contribution in [0.25, 0.3) is 10.9 Å². The Labute approximate surface area is 191 Å². The first kappa shape index (κ1) is 20.1. The van der Waals surface area contributed by atoms with E-state index in [0.717, 1.165) is 16.6 Å². The van der Waals surface area contributed by atoms with Crippen LogP contribution in [0.3, 0.4) is 0 Å². The molecule has 156 valence electrons. The summed E-state index contributed by atoms with van der Waals surface area (Å²) in [5.74, 6) is 0.852. The molecule has 0 aliphatic carbocycles. The maximum atomic E-state index is 13.2. The van der Waals surface area contributed by atoms with Crippen LogP contribution in [0, 0.1) is 0 Å². The highest BCUT2D eigenvalue weighted by Gasteiger charge is 2.25. The van der Waals surface area contributed by atoms with Gasteiger partial charge in [0.15, 0.2) is 5.16 Å². The Morgan fingerprint density at radius 2 is 2.03 bits per heavy atom. The van der Waals surface area contributed by atoms with E-state index in [1.165, 1.54) is 17.3 Å². The number of carbonyl (C=O) groups is 1. The van der Waals surface area contributed by atoms with Gasteiger partial charge in [0.1, 0.15) is 5.76 Å². The highest BCUT2D eigenvalue weighted by atomic mass is 79.9. The number of benzene rings is 2. The lowest BCUT2D eigenvalue weighted by atomic mass is 10.2. The zero-order valence-electron chi connectivity index (χ0n) is 16.5. The van der Waals surface area contributed by atoms with Crippen LogP contribution in [0.15, 0.2) is 79.7 Å². The standard InChI is InChI=1S/C23H18BrN3O3S/c24-16-7-8-19-18(12-16)22(29)27(13-17-5-3-11-30-17)23(25-19)31-14-21(28)26-10-9-15-4-1-2-6-20(15)26/h1-8,11-12H,9-10,13-14H2. The van der Waals surface area contributed by atoms with E-state index in [4.69, 9.17) is 9.40 Å². The smallest absolute Gasteiger partial charge is 0.262 e. The van der Waals surface area contributed by atoms with Gasteiger partial charge in [-0.25, -0.2) is 4.98 Å². The normalized spacial score (nSPS) is 13.0. The molecule has 1 aliphatic rings. The van der Waals surface area contributed by atoms with Gasteiger partial charge in [0.25, 0.3) is 5.56 Å². The van der Waals surface area contributed by atoms with Crippen molar-refractivity contribution in [1.29, 1.82) is 0 Å². The Kier molecular flexibility index (Phi) is 5.41. The van der Waals surface area contributed by atoms with Gasteiger partial charge < -0.3 is 9.32 Å². The summed E-state index contributed by atoms with van der Waals surface area (Å²) in [4.78, 5) is 32.7. The number of fused-ring (bicyclic) bond motifs is 2. The summed E-state index contributed by atoms with van der Waals surface area (Å²) < 4.78 is 7.83. The number of nitrogens with zero attached hydrogens (tertiary/aromatic N) is 3. The zero-order valence-corrected chi connectivity index (χ0v) is 18.9. The molecule has 4 aromatic rings. The maximum Gasteiger partial charge on any atom is 0.262 e. The molecule has 0 saturated heterocycles. The van der Waals surface area contributed by atoms with Crippen LogP contribution in [-0.2, 0) is 17.8 Å². The van der Waals surface area contributed by atoms with Crippen molar-refractivity contribution in [1.82, 2.24) is 9.55 Å². The summed E-state index contributed by atoms with van der Waals surface area (Å²) in [5, 5.41) is 1.02. The number of aromatic nitrogens is 2. The summed E-state index contributed by atoms with van der Waals surface area (Å²) in [6, 6.07) is 17.0. The van der Waals surface area contributed by atoms with Crippen molar-refractivity contribution >= 4 is 50.2 Å². The number of hydrogen-bond donors (Lipinski definition) is 0. The average Bonchev–Trinajstić information content (AvgIpc) is 3.44. The van der Waals surface area contributed by atoms with Crippen molar-refractivity contribution < 1.29 is 9.21 Å². The van der Waals surface area contributed by atoms with Crippen molar-refractivity contribution in [2.24, 2.45) is 0 Å². The van der Waals surface area contributed by atoms with Crippen molar-refractivity contribution in [3.05, 3.63) is 87.0 Å². The third-order valence-electron chi connectivity index (χ3n) is 5.29. The number of thioether (sulfide) groups is 1. The van der Waals surface area contributed by atoms with E-state index in [-0.39, 0.29) is 23.8 Å². The van der Waals surface area contributed by atoms with Gasteiger partial charge in [0.2, 0.25) is 5.91 Å². The summed E-state index contributed by atoms with van der Waals surface area (Å²) in [6.45, 7) is 0.932. The molecule has 0 spiro atoms. The first-order valence-corrected chi connectivity index (χ1v) is 11.6. The third kappa shape index (κ3) is 3.93. The van der Waals surface area contributed by atoms with Crippen LogP contribution in [-0.4, -0.2) is 27.8 Å². The van der Waals surface area contributed by atoms with Crippen LogP contribution in [0.4, 0.5) is 5.69 Å². The minimum absolute atomic E-state index is 0.00431. The van der Waals surface area contributed by atoms with Crippen LogP contribution < -0.4 is 10.5 Å². The molecular formula is C23H18BrN3O3S. The molecule has 0 radical (unpaired) electrons. The van der Waals surface area contributed by atoms with Crippen LogP contribution in [0.2, 0.25) is 0 Å². The van der Waals surface area contributed by atoms with Gasteiger partial charge in [-0.3, -0.25) is 14.2 Å². The maximum absolute atomic E-state index is 13.2. The predicted octanol–water partition coefficient (Wildman–Crippen LogP) is 4.48. The van der Waals surface area contributed by atoms with Gasteiger partial charge in [-0.1, -0.05) is 45.9 Å². The molecule has 1 amide bonds. The van der Waals surface area contributed by atoms with E-state index < -0.39 is 0 Å². The molecule has 0 atom stereocenters. The molecule has 3 heterocycles. The van der Waals surface area contributed by atoms with Gasteiger partial charge in [-0.2, -0.15) is 0 Å². The van der Waals surface area contributed by atoms with Crippen molar-refractivity contribution in [3.8, 4) is 0 Å². The molecule has 0 N–H and O–H groups in total. The fraction of sp³-hybridized carbons (Fsp3) is 0.174. The number of carbonyl (C=O) groups excluding carboxylic acids is 1. The fourth-order valence-corrected chi connectivity index (χ4v) is 5.02. The SMILES string of the molecule is O=C(CSc1nc2ccc(Br)cc2c(=O)n1Cc1ccco1)N1CCc2ccccc21. The molecule has 0 fully saturated rings. The van der Waals surface area contributed by atoms with Crippen molar-refractivity contribution in [3.63, 3.8) is 0 Å². The quantitative estimate of drug-likeness (QED) is 0.301. The van der Waals surface area contributed by atoms with E-state index in [1.54, 1.807) is 29.0 Å². The lowest BCUT2D eigenvalue weighted by Crippen LogP contribution is -2.31. The lowest BCUT2D eigenvalue weighted by molar-refractivity contribution is -0.116. The van der Waals surface area contributed by atoms with Crippen molar-refractivity contribution in [2.75, 3.05) is 17.2 Å². The second-order valence-corrected chi connectivity index (χ2v) is 9.10. The summed E-state index contributed by atoms with van der Waals surface area (Å²) in [5.41, 5.74) is 2.59. The molecule has 2 aromatic heterocycles. The van der Waals surface area contributed by atoms with Gasteiger partial charge in [-0.05, 0) is 48.4 Å². The Morgan fingerprint density at radius 3 is 2.87 bits per heavy atom. The third-order valence-corrected chi connectivity index (χ3v) is 6.74. The average molecular weight is 496 g/mol. The van der Waals surface area contributed by atoms with Gasteiger partial charge in [-0.15, -0.1) is 0 Å². The number of furan rings is 1. The summed E-state index contributed by atoms with van der Waals surface area (Å²) in [6.07, 6.45) is 2.44. The summed E-state index contributed by atoms with van der Waals surface area (Å²) in [7, 11) is 0. The first-order chi connectivity index (χ1) is 15.1. The van der Waals surface area contributed by atoms with Gasteiger partial charge >= 0.3 is 0 Å². The molecule has 2 aromatic carbocycles. The molecular weight excluding hydrogens is 478 g/mol. The molecule has 0 bridgehead atoms. The number of hydrogen-bond acceptors (Lipinski definition) is 5. The number of anilines is 1. The highest BCUT2D eigenvalue weighted by Crippen LogP contribution is 2.29. The second kappa shape index (κ2) is 8.36. The topological polar surface area (TPSA) is 68.3 Å². The van der Waals surface area contributed by atoms with Crippen LogP contribution in [0.5, 0.6) is 0 Å². The van der Waals surface area contributed by atoms with Crippen LogP contribution in [0.1, 0.15) is 11.3 Å². The second-order valence-electron chi connectivity index (χ2n) is 7.24. The molecule has 0 unspecified atom stereocenters. The van der Waals surface area contributed by atoms with E-state index in [9.17, 15) is 9.59 Å². The molecule has 6 nitrogen and oxygen atoms in total. The van der Waals surface area contributed by atoms with Crippen molar-refractivity contribution in [2.45, 2.75) is 18.1 Å². The van der Waals surface area contributed by atoms with E-state index >= 15 is 0 Å². The number of halogens is 1. The van der Waals surface area contributed by atoms with E-state index in [0.29, 0.717) is 28.4 Å². The Bertz CT molecular complexity index is 1330. The molecule has 1 aliphatic heterocycles. The Balaban J connectivity index is 1.46. The summed E-state index contributed by atoms with van der Waals surface area (Å²) >= 11 is 4.70. The number of amides is 1. The zero-order chi connectivity index (χ0) is 21.4. The lowest BCUT2D eigenvalue weighted by Gasteiger charge is -2.18. The Morgan fingerprint density at radius 1 is 1.16 bits per heavy atom. The highest BCUT2D eigenvalue weighted by molar-refractivity contribution is 9.10. The molecule has 0 saturated carbocycles. The van der Waals surface area contributed by atoms with E-state index in [1.807, 2.05) is 35.2 Å². The van der Waals surface area contributed by atoms with Crippen LogP contribution >= 0.6 is 27.7 Å². The minimum Gasteiger partial charge on any atom is -0.467 e.